The van der Waals surface area contributed by atoms with Gasteiger partial charge in [0.1, 0.15) is 5.75 Å². The van der Waals surface area contributed by atoms with Crippen molar-refractivity contribution in [1.29, 1.82) is 0 Å². The fourth-order valence-electron chi connectivity index (χ4n) is 1.81. The molecule has 2 aromatic carbocycles. The Morgan fingerprint density at radius 2 is 1.71 bits per heavy atom. The van der Waals surface area contributed by atoms with E-state index in [-0.39, 0.29) is 5.75 Å². The molecule has 0 fully saturated rings. The molecule has 2 aromatic rings. The largest absolute Gasteiger partial charge is 0.573 e. The molecular formula is C14H10BrClF3NO. The van der Waals surface area contributed by atoms with Gasteiger partial charge in [-0.3, -0.25) is 0 Å². The van der Waals surface area contributed by atoms with Crippen LogP contribution in [0.1, 0.15) is 17.2 Å². The highest BCUT2D eigenvalue weighted by Gasteiger charge is 2.31. The summed E-state index contributed by atoms with van der Waals surface area (Å²) >= 11 is 9.30. The minimum absolute atomic E-state index is 0.288. The van der Waals surface area contributed by atoms with Gasteiger partial charge in [0.05, 0.1) is 6.04 Å². The van der Waals surface area contributed by atoms with Gasteiger partial charge in [-0.25, -0.2) is 0 Å². The Morgan fingerprint density at radius 1 is 1.10 bits per heavy atom. The van der Waals surface area contributed by atoms with Crippen LogP contribution in [0.25, 0.3) is 0 Å². The highest BCUT2D eigenvalue weighted by atomic mass is 79.9. The lowest BCUT2D eigenvalue weighted by molar-refractivity contribution is -0.274. The molecule has 0 bridgehead atoms. The first-order valence-electron chi connectivity index (χ1n) is 5.82. The van der Waals surface area contributed by atoms with E-state index >= 15 is 0 Å². The van der Waals surface area contributed by atoms with Crippen molar-refractivity contribution in [3.05, 3.63) is 63.1 Å². The van der Waals surface area contributed by atoms with Gasteiger partial charge in [0.25, 0.3) is 0 Å². The van der Waals surface area contributed by atoms with E-state index in [9.17, 15) is 13.2 Å². The first kappa shape index (κ1) is 16.1. The fraction of sp³-hybridized carbons (Fsp3) is 0.143. The fourth-order valence-corrected chi connectivity index (χ4v) is 2.48. The molecule has 1 atom stereocenters. The average Bonchev–Trinajstić information content (AvgIpc) is 2.40. The predicted octanol–water partition coefficient (Wildman–Crippen LogP) is 5.05. The molecule has 0 aliphatic rings. The van der Waals surface area contributed by atoms with Gasteiger partial charge in [-0.1, -0.05) is 39.7 Å². The summed E-state index contributed by atoms with van der Waals surface area (Å²) in [6.45, 7) is 0. The molecule has 112 valence electrons. The third-order valence-corrected chi connectivity index (χ3v) is 3.72. The van der Waals surface area contributed by atoms with E-state index in [1.165, 1.54) is 24.3 Å². The second-order valence-electron chi connectivity index (χ2n) is 4.26. The number of rotatable bonds is 3. The van der Waals surface area contributed by atoms with E-state index in [1.54, 1.807) is 18.2 Å². The van der Waals surface area contributed by atoms with E-state index < -0.39 is 12.4 Å². The van der Waals surface area contributed by atoms with Crippen LogP contribution >= 0.6 is 27.5 Å². The van der Waals surface area contributed by atoms with Crippen molar-refractivity contribution in [3.8, 4) is 5.75 Å². The van der Waals surface area contributed by atoms with Crippen molar-refractivity contribution in [2.75, 3.05) is 0 Å². The second kappa shape index (κ2) is 6.25. The van der Waals surface area contributed by atoms with Gasteiger partial charge in [0, 0.05) is 9.50 Å². The van der Waals surface area contributed by atoms with Crippen LogP contribution in [-0.4, -0.2) is 6.36 Å². The molecule has 2 nitrogen and oxygen atoms in total. The number of halogens is 5. The summed E-state index contributed by atoms with van der Waals surface area (Å²) < 4.78 is 40.9. The lowest BCUT2D eigenvalue weighted by atomic mass is 10.00. The van der Waals surface area contributed by atoms with Crippen molar-refractivity contribution in [2.24, 2.45) is 5.73 Å². The lowest BCUT2D eigenvalue weighted by Crippen LogP contribution is -2.17. The zero-order valence-electron chi connectivity index (χ0n) is 10.5. The van der Waals surface area contributed by atoms with Crippen molar-refractivity contribution in [1.82, 2.24) is 0 Å². The Balaban J connectivity index is 2.24. The van der Waals surface area contributed by atoms with Gasteiger partial charge in [0.15, 0.2) is 0 Å². The van der Waals surface area contributed by atoms with Crippen molar-refractivity contribution in [2.45, 2.75) is 12.4 Å². The van der Waals surface area contributed by atoms with E-state index in [0.717, 1.165) is 10.0 Å². The molecule has 21 heavy (non-hydrogen) atoms. The SMILES string of the molecule is N[C@@H](c1ccc(OC(F)(F)F)cc1)c1cc(Cl)ccc1Br. The third kappa shape index (κ3) is 4.36. The highest BCUT2D eigenvalue weighted by Crippen LogP contribution is 2.31. The van der Waals surface area contributed by atoms with Crippen LogP contribution in [0.3, 0.4) is 0 Å². The van der Waals surface area contributed by atoms with Gasteiger partial charge in [-0.05, 0) is 41.5 Å². The minimum Gasteiger partial charge on any atom is -0.406 e. The van der Waals surface area contributed by atoms with Gasteiger partial charge in [-0.15, -0.1) is 13.2 Å². The van der Waals surface area contributed by atoms with Crippen molar-refractivity contribution in [3.63, 3.8) is 0 Å². The van der Waals surface area contributed by atoms with Crippen LogP contribution in [0, 0.1) is 0 Å². The molecule has 0 unspecified atom stereocenters. The number of alkyl halides is 3. The summed E-state index contributed by atoms with van der Waals surface area (Å²) in [5, 5.41) is 0.528. The minimum atomic E-state index is -4.71. The summed E-state index contributed by atoms with van der Waals surface area (Å²) in [6.07, 6.45) is -4.71. The smallest absolute Gasteiger partial charge is 0.406 e. The van der Waals surface area contributed by atoms with Crippen molar-refractivity contribution < 1.29 is 17.9 Å². The first-order valence-corrected chi connectivity index (χ1v) is 6.99. The Morgan fingerprint density at radius 3 is 2.29 bits per heavy atom. The Hall–Kier alpha value is -1.24. The Bertz CT molecular complexity index is 631. The Labute approximate surface area is 132 Å². The maximum absolute atomic E-state index is 12.1. The molecule has 0 amide bonds. The van der Waals surface area contributed by atoms with Crippen LogP contribution in [0.15, 0.2) is 46.9 Å². The molecule has 0 radical (unpaired) electrons. The predicted molar refractivity (Wildman–Crippen MR) is 78.3 cm³/mol. The summed E-state index contributed by atoms with van der Waals surface area (Å²) in [5.41, 5.74) is 7.50. The molecule has 0 saturated carbocycles. The van der Waals surface area contributed by atoms with Crippen LogP contribution < -0.4 is 10.5 Å². The molecular weight excluding hydrogens is 371 g/mol. The highest BCUT2D eigenvalue weighted by molar-refractivity contribution is 9.10. The molecule has 0 aliphatic heterocycles. The maximum Gasteiger partial charge on any atom is 0.573 e. The van der Waals surface area contributed by atoms with Crippen LogP contribution in [-0.2, 0) is 0 Å². The number of hydrogen-bond acceptors (Lipinski definition) is 2. The van der Waals surface area contributed by atoms with Gasteiger partial charge < -0.3 is 10.5 Å². The molecule has 0 heterocycles. The maximum atomic E-state index is 12.1. The molecule has 2 rings (SSSR count). The number of hydrogen-bond donors (Lipinski definition) is 1. The van der Waals surface area contributed by atoms with Crippen LogP contribution in [0.5, 0.6) is 5.75 Å². The number of benzene rings is 2. The van der Waals surface area contributed by atoms with Crippen molar-refractivity contribution >= 4 is 27.5 Å². The third-order valence-electron chi connectivity index (χ3n) is 2.77. The summed E-state index contributed by atoms with van der Waals surface area (Å²) in [6, 6.07) is 10.1. The number of nitrogens with two attached hydrogens (primary N) is 1. The second-order valence-corrected chi connectivity index (χ2v) is 5.55. The Kier molecular flexibility index (Phi) is 4.81. The molecule has 0 aliphatic carbocycles. The van der Waals surface area contributed by atoms with E-state index in [2.05, 4.69) is 20.7 Å². The van der Waals surface area contributed by atoms with Crippen LogP contribution in [0.2, 0.25) is 5.02 Å². The average molecular weight is 381 g/mol. The zero-order chi connectivity index (χ0) is 15.6. The first-order chi connectivity index (χ1) is 9.76. The molecule has 2 N–H and O–H groups in total. The van der Waals surface area contributed by atoms with Gasteiger partial charge in [-0.2, -0.15) is 0 Å². The van der Waals surface area contributed by atoms with E-state index in [0.29, 0.717) is 10.6 Å². The van der Waals surface area contributed by atoms with E-state index in [1.807, 2.05) is 0 Å². The standard InChI is InChI=1S/C14H10BrClF3NO/c15-12-6-3-9(16)7-11(12)13(20)8-1-4-10(5-2-8)21-14(17,18)19/h1-7,13H,20H2/t13-/m0/s1. The molecule has 0 aromatic heterocycles. The summed E-state index contributed by atoms with van der Waals surface area (Å²) in [4.78, 5) is 0. The van der Waals surface area contributed by atoms with Gasteiger partial charge >= 0.3 is 6.36 Å². The van der Waals surface area contributed by atoms with E-state index in [4.69, 9.17) is 17.3 Å². The summed E-state index contributed by atoms with van der Waals surface area (Å²) in [5.74, 6) is -0.288. The summed E-state index contributed by atoms with van der Waals surface area (Å²) in [7, 11) is 0. The molecule has 7 heteroatoms. The van der Waals surface area contributed by atoms with Crippen LogP contribution in [0.4, 0.5) is 13.2 Å². The normalized spacial score (nSPS) is 13.0. The zero-order valence-corrected chi connectivity index (χ0v) is 12.8. The monoisotopic (exact) mass is 379 g/mol. The quantitative estimate of drug-likeness (QED) is 0.809. The topological polar surface area (TPSA) is 35.2 Å². The molecule has 0 saturated heterocycles. The van der Waals surface area contributed by atoms with Gasteiger partial charge in [0.2, 0.25) is 0 Å². The molecule has 0 spiro atoms. The lowest BCUT2D eigenvalue weighted by Gasteiger charge is -2.16. The number of ether oxygens (including phenoxy) is 1.